The standard InChI is InChI=1S/C52H69N9O10/c1-52(2,3)36-14-20-39(21-15-36)61-40(34-10-16-37(17-11-34)53-46(62)42-8-6-24-59(42)48(64)44(55-50(66)68-4)57-26-30-70-31-27-57)22-23-41(61)35-12-18-38(19-13-35)54-47(63)43-9-7-25-60(43)49(65)45(56-51(67)69-5)58-28-32-71-33-29-58/h10-21,40-45H,6-9,22-33H2,1-5H3,(H,53,62)(H,54,63)(H,55,66)(H,56,67)/t40?,41?,42-,43-,44-,45-/m0/s1. The van der Waals surface area contributed by atoms with Gasteiger partial charge in [0.1, 0.15) is 12.1 Å². The summed E-state index contributed by atoms with van der Waals surface area (Å²) in [6.45, 7) is 10.9. The van der Waals surface area contributed by atoms with E-state index in [1.807, 2.05) is 34.1 Å². The number of anilines is 3. The van der Waals surface area contributed by atoms with Crippen molar-refractivity contribution >= 4 is 52.9 Å². The van der Waals surface area contributed by atoms with E-state index in [1.54, 1.807) is 9.80 Å². The van der Waals surface area contributed by atoms with Crippen molar-refractivity contribution in [2.75, 3.05) is 95.4 Å². The topological polar surface area (TPSA) is 204 Å². The van der Waals surface area contributed by atoms with Gasteiger partial charge in [-0.25, -0.2) is 9.59 Å². The Morgan fingerprint density at radius 1 is 0.549 bits per heavy atom. The summed E-state index contributed by atoms with van der Waals surface area (Å²) in [6, 6.07) is 23.2. The number of hydrogen-bond acceptors (Lipinski definition) is 13. The van der Waals surface area contributed by atoms with E-state index in [0.29, 0.717) is 103 Å². The first kappa shape index (κ1) is 51.1. The van der Waals surface area contributed by atoms with E-state index in [0.717, 1.165) is 29.7 Å². The van der Waals surface area contributed by atoms with Gasteiger partial charge in [0.25, 0.3) is 11.8 Å². The molecule has 6 amide bonds. The Bertz CT molecular complexity index is 2220. The van der Waals surface area contributed by atoms with Gasteiger partial charge in [-0.15, -0.1) is 0 Å². The third kappa shape index (κ3) is 11.9. The monoisotopic (exact) mass is 980 g/mol. The minimum Gasteiger partial charge on any atom is -0.453 e. The Labute approximate surface area is 415 Å². The van der Waals surface area contributed by atoms with Crippen LogP contribution in [0.1, 0.15) is 88.1 Å². The average Bonchev–Trinajstić information content (AvgIpc) is 4.19. The molecule has 3 aromatic rings. The largest absolute Gasteiger partial charge is 0.453 e. The molecule has 5 aliphatic rings. The molecule has 8 rings (SSSR count). The van der Waals surface area contributed by atoms with Crippen LogP contribution in [0.5, 0.6) is 0 Å². The number of likely N-dealkylation sites (tertiary alicyclic amines) is 2. The molecule has 0 radical (unpaired) electrons. The van der Waals surface area contributed by atoms with E-state index >= 15 is 0 Å². The first-order valence-electron chi connectivity index (χ1n) is 24.9. The zero-order chi connectivity index (χ0) is 50.2. The average molecular weight is 980 g/mol. The second-order valence-corrected chi connectivity index (χ2v) is 19.8. The first-order chi connectivity index (χ1) is 34.2. The Balaban J connectivity index is 0.955. The fraction of sp³-hybridized carbons (Fsp3) is 0.538. The maximum Gasteiger partial charge on any atom is 0.408 e. The number of carbonyl (C=O) groups is 6. The summed E-state index contributed by atoms with van der Waals surface area (Å²) in [4.78, 5) is 89.6. The molecular formula is C52H69N9O10. The van der Waals surface area contributed by atoms with Gasteiger partial charge in [-0.2, -0.15) is 0 Å². The SMILES string of the molecule is COC(=O)N[C@H](C(=O)N1CCC[C@H]1C(=O)Nc1ccc(C2CCC(c3ccc(NC(=O)[C@@H]4CCCN4C(=O)[C@@H](NC(=O)OC)N4CCOCC4)cc3)N2c2ccc(C(C)(C)C)cc2)cc1)N1CCOCC1. The number of carbonyl (C=O) groups excluding carboxylic acids is 6. The van der Waals surface area contributed by atoms with E-state index in [4.69, 9.17) is 18.9 Å². The number of ether oxygens (including phenoxy) is 4. The number of hydrogen-bond donors (Lipinski definition) is 4. The maximum absolute atomic E-state index is 14.0. The lowest BCUT2D eigenvalue weighted by Gasteiger charge is -2.36. The predicted octanol–water partition coefficient (Wildman–Crippen LogP) is 4.95. The molecule has 19 nitrogen and oxygen atoms in total. The van der Waals surface area contributed by atoms with Gasteiger partial charge in [0.2, 0.25) is 11.8 Å². The van der Waals surface area contributed by atoms with Gasteiger partial charge in [-0.05, 0) is 97.0 Å². The number of benzene rings is 3. The third-order valence-electron chi connectivity index (χ3n) is 14.4. The Kier molecular flexibility index (Phi) is 16.4. The number of rotatable bonds is 13. The summed E-state index contributed by atoms with van der Waals surface area (Å²) >= 11 is 0. The highest BCUT2D eigenvalue weighted by Gasteiger charge is 2.43. The second-order valence-electron chi connectivity index (χ2n) is 19.8. The fourth-order valence-electron chi connectivity index (χ4n) is 10.5. The lowest BCUT2D eigenvalue weighted by atomic mass is 9.87. The first-order valence-corrected chi connectivity index (χ1v) is 24.9. The van der Waals surface area contributed by atoms with Crippen molar-refractivity contribution in [3.05, 3.63) is 89.5 Å². The van der Waals surface area contributed by atoms with Crippen molar-refractivity contribution in [1.82, 2.24) is 30.2 Å². The van der Waals surface area contributed by atoms with Crippen LogP contribution in [-0.4, -0.2) is 160 Å². The van der Waals surface area contributed by atoms with Crippen molar-refractivity contribution in [2.45, 2.75) is 101 Å². The summed E-state index contributed by atoms with van der Waals surface area (Å²) in [5.41, 5.74) is 5.68. The van der Waals surface area contributed by atoms with Crippen molar-refractivity contribution in [3.8, 4) is 0 Å². The molecule has 71 heavy (non-hydrogen) atoms. The van der Waals surface area contributed by atoms with Crippen LogP contribution in [0.25, 0.3) is 0 Å². The molecule has 3 aromatic carbocycles. The van der Waals surface area contributed by atoms with E-state index in [2.05, 4.69) is 95.5 Å². The van der Waals surface area contributed by atoms with Gasteiger partial charge >= 0.3 is 12.2 Å². The predicted molar refractivity (Wildman–Crippen MR) is 265 cm³/mol. The van der Waals surface area contributed by atoms with Crippen LogP contribution in [0.4, 0.5) is 26.7 Å². The molecule has 2 unspecified atom stereocenters. The number of nitrogens with one attached hydrogen (secondary N) is 4. The maximum atomic E-state index is 14.0. The summed E-state index contributed by atoms with van der Waals surface area (Å²) in [5, 5.41) is 11.5. The Morgan fingerprint density at radius 2 is 0.944 bits per heavy atom. The number of alkyl carbamates (subject to hydrolysis) is 2. The van der Waals surface area contributed by atoms with Crippen molar-refractivity contribution in [2.24, 2.45) is 0 Å². The van der Waals surface area contributed by atoms with Crippen LogP contribution in [0.15, 0.2) is 72.8 Å². The number of methoxy groups -OCH3 is 2. The molecule has 5 saturated heterocycles. The number of amides is 6. The van der Waals surface area contributed by atoms with E-state index < -0.39 is 36.6 Å². The molecule has 4 N–H and O–H groups in total. The number of nitrogens with zero attached hydrogens (tertiary/aromatic N) is 5. The highest BCUT2D eigenvalue weighted by molar-refractivity contribution is 5.99. The smallest absolute Gasteiger partial charge is 0.408 e. The van der Waals surface area contributed by atoms with Gasteiger partial charge in [0.15, 0.2) is 12.3 Å². The van der Waals surface area contributed by atoms with E-state index in [9.17, 15) is 28.8 Å². The molecule has 0 spiro atoms. The van der Waals surface area contributed by atoms with Crippen LogP contribution in [0.2, 0.25) is 0 Å². The van der Waals surface area contributed by atoms with Gasteiger partial charge in [0.05, 0.1) is 52.7 Å². The zero-order valence-corrected chi connectivity index (χ0v) is 41.5. The second kappa shape index (κ2) is 22.9. The molecule has 0 aliphatic carbocycles. The van der Waals surface area contributed by atoms with Crippen molar-refractivity contribution < 1.29 is 47.7 Å². The van der Waals surface area contributed by atoms with Crippen molar-refractivity contribution in [3.63, 3.8) is 0 Å². The van der Waals surface area contributed by atoms with Gasteiger partial charge in [-0.1, -0.05) is 57.2 Å². The summed E-state index contributed by atoms with van der Waals surface area (Å²) in [7, 11) is 2.50. The van der Waals surface area contributed by atoms with E-state index in [-0.39, 0.29) is 41.1 Å². The molecular weight excluding hydrogens is 911 g/mol. The summed E-state index contributed by atoms with van der Waals surface area (Å²) in [5.74, 6) is -1.29. The Morgan fingerprint density at radius 3 is 1.31 bits per heavy atom. The molecule has 5 fully saturated rings. The number of morpholine rings is 2. The molecule has 5 heterocycles. The van der Waals surface area contributed by atoms with Gasteiger partial charge in [-0.3, -0.25) is 39.6 Å². The fourth-order valence-corrected chi connectivity index (χ4v) is 10.5. The minimum atomic E-state index is -0.980. The molecule has 382 valence electrons. The lowest BCUT2D eigenvalue weighted by Crippen LogP contribution is -2.61. The molecule has 0 saturated carbocycles. The third-order valence-corrected chi connectivity index (χ3v) is 14.4. The zero-order valence-electron chi connectivity index (χ0n) is 41.5. The van der Waals surface area contributed by atoms with Gasteiger partial charge in [0, 0.05) is 56.3 Å². The minimum absolute atomic E-state index is 0.00726. The lowest BCUT2D eigenvalue weighted by molar-refractivity contribution is -0.144. The highest BCUT2D eigenvalue weighted by atomic mass is 16.5. The molecule has 5 aliphatic heterocycles. The Hall–Kier alpha value is -6.28. The van der Waals surface area contributed by atoms with Gasteiger partial charge < -0.3 is 44.3 Å². The summed E-state index contributed by atoms with van der Waals surface area (Å²) in [6.07, 6.45) is 0.618. The van der Waals surface area contributed by atoms with Crippen LogP contribution < -0.4 is 26.2 Å². The normalized spacial score (nSPS) is 22.9. The van der Waals surface area contributed by atoms with Crippen molar-refractivity contribution in [1.29, 1.82) is 0 Å². The quantitative estimate of drug-likeness (QED) is 0.179. The summed E-state index contributed by atoms with van der Waals surface area (Å²) < 4.78 is 20.6. The van der Waals surface area contributed by atoms with Crippen LogP contribution in [0.3, 0.4) is 0 Å². The van der Waals surface area contributed by atoms with E-state index in [1.165, 1.54) is 19.8 Å². The van der Waals surface area contributed by atoms with Crippen LogP contribution in [-0.2, 0) is 43.5 Å². The molecule has 19 heteroatoms. The van der Waals surface area contributed by atoms with Crippen LogP contribution >= 0.6 is 0 Å². The highest BCUT2D eigenvalue weighted by Crippen LogP contribution is 2.47. The molecule has 6 atom stereocenters. The molecule has 0 bridgehead atoms. The van der Waals surface area contributed by atoms with Crippen LogP contribution in [0, 0.1) is 0 Å². The molecule has 0 aromatic heterocycles.